The number of benzene rings is 1. The van der Waals surface area contributed by atoms with Gasteiger partial charge in [0.15, 0.2) is 4.32 Å². The molecule has 31 heavy (non-hydrogen) atoms. The van der Waals surface area contributed by atoms with E-state index < -0.39 is 11.7 Å². The van der Waals surface area contributed by atoms with Gasteiger partial charge in [0.25, 0.3) is 5.91 Å². The van der Waals surface area contributed by atoms with E-state index in [4.69, 9.17) is 28.2 Å². The summed E-state index contributed by atoms with van der Waals surface area (Å²) in [4.78, 5) is 15.5. The van der Waals surface area contributed by atoms with Gasteiger partial charge in [-0.05, 0) is 37.4 Å². The molecule has 2 saturated heterocycles. The van der Waals surface area contributed by atoms with E-state index in [0.29, 0.717) is 28.1 Å². The maximum Gasteiger partial charge on any atom is 0.416 e. The summed E-state index contributed by atoms with van der Waals surface area (Å²) in [5.41, 5.74) is -0.695. The van der Waals surface area contributed by atoms with Gasteiger partial charge >= 0.3 is 6.18 Å². The number of halogens is 4. The molecule has 2 aromatic rings. The lowest BCUT2D eigenvalue weighted by atomic mass is 10.1. The van der Waals surface area contributed by atoms with Crippen molar-refractivity contribution in [3.05, 3.63) is 51.6 Å². The van der Waals surface area contributed by atoms with Gasteiger partial charge in [0.1, 0.15) is 11.5 Å². The van der Waals surface area contributed by atoms with E-state index in [9.17, 15) is 18.0 Å². The summed E-state index contributed by atoms with van der Waals surface area (Å²) in [6.45, 7) is 3.04. The minimum Gasteiger partial charge on any atom is -0.457 e. The van der Waals surface area contributed by atoms with Crippen LogP contribution in [0.15, 0.2) is 39.7 Å². The van der Waals surface area contributed by atoms with Crippen LogP contribution in [0.1, 0.15) is 11.3 Å². The number of furan rings is 1. The smallest absolute Gasteiger partial charge is 0.416 e. The molecule has 0 N–H and O–H groups in total. The molecule has 4 rings (SSSR count). The third kappa shape index (κ3) is 4.68. The highest BCUT2D eigenvalue weighted by molar-refractivity contribution is 8.26. The van der Waals surface area contributed by atoms with Gasteiger partial charge in [0.2, 0.25) is 0 Å². The first-order valence-electron chi connectivity index (χ1n) is 9.32. The van der Waals surface area contributed by atoms with Crippen molar-refractivity contribution in [1.29, 1.82) is 0 Å². The minimum atomic E-state index is -4.49. The van der Waals surface area contributed by atoms with Crippen LogP contribution in [0, 0.1) is 0 Å². The Kier molecular flexibility index (Phi) is 6.19. The first-order chi connectivity index (χ1) is 14.6. The fourth-order valence-corrected chi connectivity index (χ4v) is 4.79. The quantitative estimate of drug-likeness (QED) is 0.449. The zero-order valence-electron chi connectivity index (χ0n) is 16.3. The van der Waals surface area contributed by atoms with Gasteiger partial charge in [-0.1, -0.05) is 35.6 Å². The molecule has 3 heterocycles. The summed E-state index contributed by atoms with van der Waals surface area (Å²) in [5, 5.41) is 3.57. The van der Waals surface area contributed by atoms with Crippen molar-refractivity contribution in [2.75, 3.05) is 33.2 Å². The third-order valence-electron chi connectivity index (χ3n) is 5.00. The zero-order valence-corrected chi connectivity index (χ0v) is 18.7. The van der Waals surface area contributed by atoms with Crippen molar-refractivity contribution < 1.29 is 22.4 Å². The first-order valence-corrected chi connectivity index (χ1v) is 10.9. The Morgan fingerprint density at radius 1 is 1.16 bits per heavy atom. The Labute approximate surface area is 191 Å². The van der Waals surface area contributed by atoms with E-state index in [-0.39, 0.29) is 22.3 Å². The highest BCUT2D eigenvalue weighted by Gasteiger charge is 2.37. The Hall–Kier alpha value is -1.85. The van der Waals surface area contributed by atoms with Crippen LogP contribution in [0.5, 0.6) is 0 Å². The Bertz CT molecular complexity index is 1060. The molecule has 0 bridgehead atoms. The number of hydrazine groups is 1. The lowest BCUT2D eigenvalue weighted by Gasteiger charge is -2.37. The molecule has 164 valence electrons. The molecule has 2 aliphatic heterocycles. The van der Waals surface area contributed by atoms with Gasteiger partial charge < -0.3 is 9.32 Å². The van der Waals surface area contributed by atoms with Crippen LogP contribution in [-0.2, 0) is 11.0 Å². The largest absolute Gasteiger partial charge is 0.457 e. The average Bonchev–Trinajstić information content (AvgIpc) is 3.27. The molecule has 1 amide bonds. The second kappa shape index (κ2) is 8.59. The maximum atomic E-state index is 13.0. The van der Waals surface area contributed by atoms with Crippen LogP contribution in [-0.4, -0.2) is 58.4 Å². The standard InChI is InChI=1S/C20H17ClF3N3O2S2/c1-25-6-8-26(9-7-25)27-18(28)17(31-19(27)30)11-13-3-5-16(29-13)14-10-12(20(22,23)24)2-4-15(14)21/h2-5,10-11H,6-9H2,1H3. The van der Waals surface area contributed by atoms with E-state index >= 15 is 0 Å². The molecular formula is C20H17ClF3N3O2S2. The average molecular weight is 488 g/mol. The summed E-state index contributed by atoms with van der Waals surface area (Å²) < 4.78 is 45.2. The molecule has 5 nitrogen and oxygen atoms in total. The number of rotatable bonds is 3. The minimum absolute atomic E-state index is 0.126. The number of likely N-dealkylation sites (N-methyl/N-ethyl adjacent to an activating group) is 1. The fourth-order valence-electron chi connectivity index (χ4n) is 3.29. The lowest BCUT2D eigenvalue weighted by Crippen LogP contribution is -2.54. The van der Waals surface area contributed by atoms with Crippen molar-refractivity contribution in [3.8, 4) is 11.3 Å². The number of piperazine rings is 1. The molecule has 0 spiro atoms. The van der Waals surface area contributed by atoms with Gasteiger partial charge in [0, 0.05) is 37.8 Å². The van der Waals surface area contributed by atoms with E-state index in [1.54, 1.807) is 12.1 Å². The number of nitrogens with zero attached hydrogens (tertiary/aromatic N) is 3. The molecule has 1 aromatic carbocycles. The molecule has 0 saturated carbocycles. The highest BCUT2D eigenvalue weighted by atomic mass is 35.5. The maximum absolute atomic E-state index is 13.0. The van der Waals surface area contributed by atoms with Crippen LogP contribution >= 0.6 is 35.6 Å². The molecule has 0 aliphatic carbocycles. The number of thiocarbonyl (C=S) groups is 1. The highest BCUT2D eigenvalue weighted by Crippen LogP contribution is 2.38. The summed E-state index contributed by atoms with van der Waals surface area (Å²) in [6.07, 6.45) is -2.95. The van der Waals surface area contributed by atoms with Crippen LogP contribution in [0.2, 0.25) is 5.02 Å². The van der Waals surface area contributed by atoms with Gasteiger partial charge in [-0.15, -0.1) is 0 Å². The molecule has 0 unspecified atom stereocenters. The van der Waals surface area contributed by atoms with Gasteiger partial charge in [-0.2, -0.15) is 13.2 Å². The number of amides is 1. The van der Waals surface area contributed by atoms with Gasteiger partial charge in [-0.25, -0.2) is 10.0 Å². The van der Waals surface area contributed by atoms with Crippen LogP contribution in [0.3, 0.4) is 0 Å². The van der Waals surface area contributed by atoms with Crippen LogP contribution in [0.4, 0.5) is 13.2 Å². The molecule has 0 atom stereocenters. The zero-order chi connectivity index (χ0) is 22.3. The fraction of sp³-hybridized carbons (Fsp3) is 0.300. The van der Waals surface area contributed by atoms with Crippen molar-refractivity contribution in [3.63, 3.8) is 0 Å². The molecule has 2 fully saturated rings. The number of thioether (sulfide) groups is 1. The van der Waals surface area contributed by atoms with E-state index in [1.165, 1.54) is 17.1 Å². The second-order valence-electron chi connectivity index (χ2n) is 7.14. The Morgan fingerprint density at radius 2 is 1.87 bits per heavy atom. The number of carbonyl (C=O) groups excluding carboxylic acids is 1. The summed E-state index contributed by atoms with van der Waals surface area (Å²) >= 11 is 12.6. The summed E-state index contributed by atoms with van der Waals surface area (Å²) in [7, 11) is 2.02. The number of carbonyl (C=O) groups is 1. The SMILES string of the molecule is CN1CCN(N2C(=O)C(=Cc3ccc(-c4cc(C(F)(F)F)ccc4Cl)o3)SC2=S)CC1. The van der Waals surface area contributed by atoms with E-state index in [1.807, 2.05) is 12.1 Å². The first kappa shape index (κ1) is 22.3. The number of hydrogen-bond acceptors (Lipinski definition) is 6. The van der Waals surface area contributed by atoms with Gasteiger partial charge in [0.05, 0.1) is 15.5 Å². The lowest BCUT2D eigenvalue weighted by molar-refractivity contribution is -0.137. The summed E-state index contributed by atoms with van der Waals surface area (Å²) in [5.74, 6) is 0.258. The van der Waals surface area contributed by atoms with E-state index in [0.717, 1.165) is 37.0 Å². The second-order valence-corrected chi connectivity index (χ2v) is 9.23. The Morgan fingerprint density at radius 3 is 2.55 bits per heavy atom. The Balaban J connectivity index is 1.57. The van der Waals surface area contributed by atoms with Crippen molar-refractivity contribution >= 4 is 51.9 Å². The third-order valence-corrected chi connectivity index (χ3v) is 6.61. The van der Waals surface area contributed by atoms with Gasteiger partial charge in [-0.3, -0.25) is 4.79 Å². The van der Waals surface area contributed by atoms with Crippen molar-refractivity contribution in [1.82, 2.24) is 14.9 Å². The van der Waals surface area contributed by atoms with E-state index in [2.05, 4.69) is 4.90 Å². The molecule has 11 heteroatoms. The number of alkyl halides is 3. The summed E-state index contributed by atoms with van der Waals surface area (Å²) in [6, 6.07) is 6.14. The predicted molar refractivity (Wildman–Crippen MR) is 118 cm³/mol. The molecule has 1 aromatic heterocycles. The van der Waals surface area contributed by atoms with Crippen molar-refractivity contribution in [2.24, 2.45) is 0 Å². The monoisotopic (exact) mass is 487 g/mol. The topological polar surface area (TPSA) is 39.9 Å². The predicted octanol–water partition coefficient (Wildman–Crippen LogP) is 4.98. The number of hydrogen-bond donors (Lipinski definition) is 0. The molecule has 0 radical (unpaired) electrons. The van der Waals surface area contributed by atoms with Crippen LogP contribution < -0.4 is 0 Å². The molecular weight excluding hydrogens is 471 g/mol. The normalized spacial score (nSPS) is 20.3. The molecule has 2 aliphatic rings. The van der Waals surface area contributed by atoms with Crippen LogP contribution in [0.25, 0.3) is 17.4 Å². The van der Waals surface area contributed by atoms with Crippen molar-refractivity contribution in [2.45, 2.75) is 6.18 Å².